The Balaban J connectivity index is 2.25. The molecule has 21 heavy (non-hydrogen) atoms. The third-order valence-corrected chi connectivity index (χ3v) is 4.04. The molecule has 2 N–H and O–H groups in total. The van der Waals surface area contributed by atoms with Crippen molar-refractivity contribution in [1.82, 2.24) is 20.4 Å². The summed E-state index contributed by atoms with van der Waals surface area (Å²) in [7, 11) is 2.02. The van der Waals surface area contributed by atoms with Gasteiger partial charge in [-0.15, -0.1) is 0 Å². The highest BCUT2D eigenvalue weighted by atomic mass is 32.2. The van der Waals surface area contributed by atoms with Crippen LogP contribution in [0.25, 0.3) is 0 Å². The number of hydrogen-bond donors (Lipinski definition) is 2. The van der Waals surface area contributed by atoms with Gasteiger partial charge in [-0.3, -0.25) is 9.59 Å². The maximum absolute atomic E-state index is 12.2. The lowest BCUT2D eigenvalue weighted by atomic mass is 10.2. The van der Waals surface area contributed by atoms with Crippen LogP contribution in [0.15, 0.2) is 0 Å². The summed E-state index contributed by atoms with van der Waals surface area (Å²) in [5.41, 5.74) is 0. The summed E-state index contributed by atoms with van der Waals surface area (Å²) in [6.45, 7) is 6.66. The van der Waals surface area contributed by atoms with Gasteiger partial charge in [0.15, 0.2) is 5.12 Å². The van der Waals surface area contributed by atoms with Crippen molar-refractivity contribution in [2.45, 2.75) is 19.9 Å². The maximum Gasteiger partial charge on any atom is 0.315 e. The summed E-state index contributed by atoms with van der Waals surface area (Å²) in [6.07, 6.45) is 0. The fourth-order valence-electron chi connectivity index (χ4n) is 1.97. The molecule has 3 amide bonds. The Bertz CT molecular complexity index is 384. The molecule has 0 saturated carbocycles. The average Bonchev–Trinajstić information content (AvgIpc) is 2.43. The van der Waals surface area contributed by atoms with Gasteiger partial charge in [-0.2, -0.15) is 0 Å². The topological polar surface area (TPSA) is 81.8 Å². The second kappa shape index (κ2) is 8.89. The number of amides is 3. The van der Waals surface area contributed by atoms with E-state index in [-0.39, 0.29) is 17.1 Å². The fourth-order valence-corrected chi connectivity index (χ4v) is 2.46. The van der Waals surface area contributed by atoms with Gasteiger partial charge in [0.1, 0.15) is 6.04 Å². The van der Waals surface area contributed by atoms with Crippen molar-refractivity contribution in [3.63, 3.8) is 0 Å². The highest BCUT2D eigenvalue weighted by molar-refractivity contribution is 8.13. The summed E-state index contributed by atoms with van der Waals surface area (Å²) >= 11 is 1.16. The van der Waals surface area contributed by atoms with E-state index in [0.717, 1.165) is 24.9 Å². The van der Waals surface area contributed by atoms with E-state index in [2.05, 4.69) is 15.5 Å². The number of nitrogens with zero attached hydrogens (tertiary/aromatic N) is 2. The number of nitrogens with one attached hydrogen (secondary N) is 2. The minimum absolute atomic E-state index is 0.0239. The molecule has 1 rings (SSSR count). The van der Waals surface area contributed by atoms with Gasteiger partial charge in [0.25, 0.3) is 0 Å². The quantitative estimate of drug-likeness (QED) is 0.682. The largest absolute Gasteiger partial charge is 0.338 e. The maximum atomic E-state index is 12.2. The molecule has 0 unspecified atom stereocenters. The standard InChI is InChI=1S/C13H24N4O3S/c1-10(12(19)17-7-5-16(3)6-8-17)15-13(20)14-4-9-21-11(2)18/h10H,4-9H2,1-3H3,(H2,14,15,20)/t10-/m0/s1. The van der Waals surface area contributed by atoms with Gasteiger partial charge in [0.05, 0.1) is 0 Å². The number of hydrogen-bond acceptors (Lipinski definition) is 5. The van der Waals surface area contributed by atoms with Crippen LogP contribution >= 0.6 is 11.8 Å². The molecule has 8 heteroatoms. The lowest BCUT2D eigenvalue weighted by Crippen LogP contribution is -2.54. The van der Waals surface area contributed by atoms with Gasteiger partial charge in [-0.1, -0.05) is 11.8 Å². The van der Waals surface area contributed by atoms with Crippen molar-refractivity contribution in [2.24, 2.45) is 0 Å². The van der Waals surface area contributed by atoms with E-state index in [1.165, 1.54) is 6.92 Å². The van der Waals surface area contributed by atoms with Crippen LogP contribution in [0, 0.1) is 0 Å². The molecule has 0 bridgehead atoms. The molecule has 0 aromatic carbocycles. The number of likely N-dealkylation sites (N-methyl/N-ethyl adjacent to an activating group) is 1. The lowest BCUT2D eigenvalue weighted by molar-refractivity contribution is -0.134. The van der Waals surface area contributed by atoms with Gasteiger partial charge in [-0.25, -0.2) is 4.79 Å². The van der Waals surface area contributed by atoms with Gasteiger partial charge in [0.2, 0.25) is 5.91 Å². The Hall–Kier alpha value is -1.28. The minimum Gasteiger partial charge on any atom is -0.338 e. The number of carbonyl (C=O) groups is 3. The van der Waals surface area contributed by atoms with E-state index in [1.54, 1.807) is 11.8 Å². The molecule has 1 atom stereocenters. The molecular formula is C13H24N4O3S. The molecular weight excluding hydrogens is 292 g/mol. The monoisotopic (exact) mass is 316 g/mol. The zero-order valence-corrected chi connectivity index (χ0v) is 13.7. The summed E-state index contributed by atoms with van der Waals surface area (Å²) in [5, 5.41) is 5.28. The predicted octanol–water partition coefficient (Wildman–Crippen LogP) is -0.272. The smallest absolute Gasteiger partial charge is 0.315 e. The number of thioether (sulfide) groups is 1. The Morgan fingerprint density at radius 1 is 1.19 bits per heavy atom. The normalized spacial score (nSPS) is 17.2. The summed E-state index contributed by atoms with van der Waals surface area (Å²) in [4.78, 5) is 38.5. The van der Waals surface area contributed by atoms with Crippen molar-refractivity contribution in [3.05, 3.63) is 0 Å². The van der Waals surface area contributed by atoms with Crippen LogP contribution in [0.3, 0.4) is 0 Å². The number of carbonyl (C=O) groups excluding carboxylic acids is 3. The first-order valence-electron chi connectivity index (χ1n) is 7.05. The zero-order valence-electron chi connectivity index (χ0n) is 12.8. The highest BCUT2D eigenvalue weighted by Gasteiger charge is 2.24. The van der Waals surface area contributed by atoms with E-state index in [1.807, 2.05) is 7.05 Å². The number of urea groups is 1. The summed E-state index contributed by atoms with van der Waals surface area (Å²) in [6, 6.07) is -0.928. The van der Waals surface area contributed by atoms with Gasteiger partial charge >= 0.3 is 6.03 Å². The van der Waals surface area contributed by atoms with Crippen LogP contribution in [0.4, 0.5) is 4.79 Å². The van der Waals surface area contributed by atoms with Crippen molar-refractivity contribution < 1.29 is 14.4 Å². The third kappa shape index (κ3) is 6.81. The Morgan fingerprint density at radius 3 is 2.38 bits per heavy atom. The van der Waals surface area contributed by atoms with Crippen LogP contribution in [0.2, 0.25) is 0 Å². The van der Waals surface area contributed by atoms with E-state index in [4.69, 9.17) is 0 Å². The van der Waals surface area contributed by atoms with Crippen LogP contribution in [-0.2, 0) is 9.59 Å². The summed E-state index contributed by atoms with van der Waals surface area (Å²) in [5.74, 6) is 0.472. The molecule has 1 saturated heterocycles. The molecule has 1 aliphatic heterocycles. The lowest BCUT2D eigenvalue weighted by Gasteiger charge is -2.34. The molecule has 0 aromatic rings. The molecule has 0 aliphatic carbocycles. The van der Waals surface area contributed by atoms with Crippen LogP contribution in [0.5, 0.6) is 0 Å². The molecule has 1 fully saturated rings. The number of rotatable bonds is 5. The molecule has 1 aliphatic rings. The second-order valence-corrected chi connectivity index (χ2v) is 6.36. The van der Waals surface area contributed by atoms with E-state index >= 15 is 0 Å². The van der Waals surface area contributed by atoms with E-state index in [0.29, 0.717) is 25.4 Å². The zero-order chi connectivity index (χ0) is 15.8. The number of piperazine rings is 1. The van der Waals surface area contributed by atoms with Crippen molar-refractivity contribution >= 4 is 28.8 Å². The second-order valence-electron chi connectivity index (χ2n) is 5.09. The Kier molecular flexibility index (Phi) is 7.52. The molecule has 0 radical (unpaired) electrons. The third-order valence-electron chi connectivity index (χ3n) is 3.23. The Morgan fingerprint density at radius 2 is 1.81 bits per heavy atom. The van der Waals surface area contributed by atoms with Gasteiger partial charge in [0, 0.05) is 45.4 Å². The van der Waals surface area contributed by atoms with Crippen LogP contribution in [0.1, 0.15) is 13.8 Å². The first-order chi connectivity index (χ1) is 9.90. The van der Waals surface area contributed by atoms with Crippen molar-refractivity contribution in [2.75, 3.05) is 45.5 Å². The average molecular weight is 316 g/mol. The minimum atomic E-state index is -0.547. The SMILES string of the molecule is CC(=O)SCCNC(=O)N[C@@H](C)C(=O)N1CCN(C)CC1. The molecule has 0 aromatic heterocycles. The fraction of sp³-hybridized carbons (Fsp3) is 0.769. The summed E-state index contributed by atoms with van der Waals surface area (Å²) < 4.78 is 0. The highest BCUT2D eigenvalue weighted by Crippen LogP contribution is 2.02. The molecule has 120 valence electrons. The molecule has 1 heterocycles. The van der Waals surface area contributed by atoms with E-state index in [9.17, 15) is 14.4 Å². The Labute approximate surface area is 129 Å². The van der Waals surface area contributed by atoms with Crippen LogP contribution in [-0.4, -0.2) is 78.4 Å². The van der Waals surface area contributed by atoms with E-state index < -0.39 is 6.04 Å². The first kappa shape index (κ1) is 17.8. The molecule has 7 nitrogen and oxygen atoms in total. The van der Waals surface area contributed by atoms with Crippen LogP contribution < -0.4 is 10.6 Å². The van der Waals surface area contributed by atoms with Gasteiger partial charge < -0.3 is 20.4 Å². The van der Waals surface area contributed by atoms with Crippen molar-refractivity contribution in [1.29, 1.82) is 0 Å². The van der Waals surface area contributed by atoms with Gasteiger partial charge in [-0.05, 0) is 14.0 Å². The van der Waals surface area contributed by atoms with Crippen molar-refractivity contribution in [3.8, 4) is 0 Å². The first-order valence-corrected chi connectivity index (χ1v) is 8.03. The molecule has 0 spiro atoms. The predicted molar refractivity (Wildman–Crippen MR) is 83.2 cm³/mol.